The van der Waals surface area contributed by atoms with Gasteiger partial charge >= 0.3 is 0 Å². The number of amides is 2. The van der Waals surface area contributed by atoms with Crippen molar-refractivity contribution in [2.45, 2.75) is 20.4 Å². The van der Waals surface area contributed by atoms with Crippen molar-refractivity contribution in [2.24, 2.45) is 0 Å². The molecular formula is C19H22N2O3. The molecule has 5 heteroatoms. The molecule has 1 N–H and O–H groups in total. The fourth-order valence-corrected chi connectivity index (χ4v) is 2.37. The van der Waals surface area contributed by atoms with Crippen LogP contribution < -0.4 is 15.0 Å². The molecule has 2 amide bonds. The summed E-state index contributed by atoms with van der Waals surface area (Å²) in [5, 5.41) is 2.85. The molecular weight excluding hydrogens is 304 g/mol. The minimum atomic E-state index is -0.206. The Balaban J connectivity index is 1.99. The number of nitrogens with zero attached hydrogens (tertiary/aromatic N) is 1. The van der Waals surface area contributed by atoms with E-state index in [2.05, 4.69) is 5.32 Å². The van der Waals surface area contributed by atoms with Crippen LogP contribution in [0.1, 0.15) is 18.1 Å². The van der Waals surface area contributed by atoms with E-state index in [-0.39, 0.29) is 18.4 Å². The maximum atomic E-state index is 12.2. The van der Waals surface area contributed by atoms with Gasteiger partial charge < -0.3 is 15.0 Å². The highest BCUT2D eigenvalue weighted by atomic mass is 16.5. The molecule has 0 heterocycles. The number of nitrogens with one attached hydrogen (secondary N) is 1. The van der Waals surface area contributed by atoms with Gasteiger partial charge in [0.25, 0.3) is 0 Å². The molecule has 2 aromatic rings. The number of carbonyl (C=O) groups is 2. The van der Waals surface area contributed by atoms with Gasteiger partial charge in [0.2, 0.25) is 11.8 Å². The summed E-state index contributed by atoms with van der Waals surface area (Å²) in [4.78, 5) is 25.5. The number of anilines is 1. The Kier molecular flexibility index (Phi) is 5.95. The summed E-state index contributed by atoms with van der Waals surface area (Å²) in [5.74, 6) is 0.305. The van der Waals surface area contributed by atoms with E-state index in [1.54, 1.807) is 31.4 Å². The molecule has 2 aromatic carbocycles. The number of rotatable bonds is 6. The molecule has 0 aromatic heterocycles. The van der Waals surface area contributed by atoms with E-state index in [0.29, 0.717) is 18.0 Å². The lowest BCUT2D eigenvalue weighted by atomic mass is 10.1. The topological polar surface area (TPSA) is 58.6 Å². The van der Waals surface area contributed by atoms with Crippen molar-refractivity contribution in [1.82, 2.24) is 5.32 Å². The zero-order valence-electron chi connectivity index (χ0n) is 14.2. The zero-order chi connectivity index (χ0) is 17.5. The third-order valence-corrected chi connectivity index (χ3v) is 3.64. The molecule has 0 radical (unpaired) electrons. The first kappa shape index (κ1) is 17.5. The van der Waals surface area contributed by atoms with Crippen LogP contribution in [0.5, 0.6) is 5.75 Å². The van der Waals surface area contributed by atoms with Crippen molar-refractivity contribution in [2.75, 3.05) is 18.6 Å². The van der Waals surface area contributed by atoms with Gasteiger partial charge in [-0.1, -0.05) is 29.8 Å². The third-order valence-electron chi connectivity index (χ3n) is 3.64. The van der Waals surface area contributed by atoms with Gasteiger partial charge in [0, 0.05) is 19.2 Å². The molecule has 0 aliphatic rings. The van der Waals surface area contributed by atoms with Crippen LogP contribution >= 0.6 is 0 Å². The summed E-state index contributed by atoms with van der Waals surface area (Å²) < 4.78 is 5.10. The summed E-state index contributed by atoms with van der Waals surface area (Å²) in [6.07, 6.45) is 0. The number of hydrogen-bond donors (Lipinski definition) is 1. The van der Waals surface area contributed by atoms with E-state index in [0.717, 1.165) is 11.1 Å². The number of benzene rings is 2. The molecule has 0 atom stereocenters. The molecule has 126 valence electrons. The van der Waals surface area contributed by atoms with Crippen molar-refractivity contribution in [3.05, 3.63) is 59.7 Å². The Bertz CT molecular complexity index is 711. The molecule has 0 aliphatic carbocycles. The fraction of sp³-hybridized carbons (Fsp3) is 0.263. The number of methoxy groups -OCH3 is 1. The van der Waals surface area contributed by atoms with Crippen LogP contribution in [0.15, 0.2) is 48.5 Å². The normalized spacial score (nSPS) is 10.1. The standard InChI is InChI=1S/C19H22N2O3/c1-14-5-4-6-16(11-14)12-20-19(23)13-21(15(2)22)17-7-9-18(24-3)10-8-17/h4-11H,12-13H2,1-3H3,(H,20,23). The Morgan fingerprint density at radius 1 is 1.12 bits per heavy atom. The second-order valence-corrected chi connectivity index (χ2v) is 5.57. The third kappa shape index (κ3) is 4.84. The highest BCUT2D eigenvalue weighted by Gasteiger charge is 2.15. The summed E-state index contributed by atoms with van der Waals surface area (Å²) in [6.45, 7) is 3.87. The fourth-order valence-electron chi connectivity index (χ4n) is 2.37. The first-order valence-corrected chi connectivity index (χ1v) is 7.74. The van der Waals surface area contributed by atoms with Crippen LogP contribution in [0.25, 0.3) is 0 Å². The molecule has 24 heavy (non-hydrogen) atoms. The molecule has 0 saturated heterocycles. The number of ether oxygens (including phenoxy) is 1. The van der Waals surface area contributed by atoms with Crippen molar-refractivity contribution in [3.63, 3.8) is 0 Å². The van der Waals surface area contributed by atoms with Crippen LogP contribution in [0.4, 0.5) is 5.69 Å². The average molecular weight is 326 g/mol. The Morgan fingerprint density at radius 2 is 1.83 bits per heavy atom. The second-order valence-electron chi connectivity index (χ2n) is 5.57. The van der Waals surface area contributed by atoms with E-state index in [9.17, 15) is 9.59 Å². The predicted molar refractivity (Wildman–Crippen MR) is 94.0 cm³/mol. The minimum Gasteiger partial charge on any atom is -0.497 e. The summed E-state index contributed by atoms with van der Waals surface area (Å²) in [7, 11) is 1.58. The van der Waals surface area contributed by atoms with E-state index in [1.165, 1.54) is 11.8 Å². The van der Waals surface area contributed by atoms with E-state index < -0.39 is 0 Å². The largest absolute Gasteiger partial charge is 0.497 e. The maximum Gasteiger partial charge on any atom is 0.240 e. The zero-order valence-corrected chi connectivity index (χ0v) is 14.2. The maximum absolute atomic E-state index is 12.2. The molecule has 5 nitrogen and oxygen atoms in total. The van der Waals surface area contributed by atoms with Gasteiger partial charge in [-0.25, -0.2) is 0 Å². The molecule has 0 saturated carbocycles. The second kappa shape index (κ2) is 8.15. The van der Waals surface area contributed by atoms with E-state index in [1.807, 2.05) is 31.2 Å². The lowest BCUT2D eigenvalue weighted by Gasteiger charge is -2.21. The highest BCUT2D eigenvalue weighted by molar-refractivity contribution is 5.97. The summed E-state index contributed by atoms with van der Waals surface area (Å²) in [6, 6.07) is 15.0. The van der Waals surface area contributed by atoms with Gasteiger partial charge in [-0.15, -0.1) is 0 Å². The van der Waals surface area contributed by atoms with Crippen LogP contribution in [0.3, 0.4) is 0 Å². The minimum absolute atomic E-state index is 0.0204. The van der Waals surface area contributed by atoms with Gasteiger partial charge in [-0.2, -0.15) is 0 Å². The Labute approximate surface area is 142 Å². The van der Waals surface area contributed by atoms with Crippen LogP contribution in [-0.4, -0.2) is 25.5 Å². The summed E-state index contributed by atoms with van der Waals surface area (Å²) in [5.41, 5.74) is 2.83. The van der Waals surface area contributed by atoms with Crippen LogP contribution in [0.2, 0.25) is 0 Å². The van der Waals surface area contributed by atoms with Crippen molar-refractivity contribution in [3.8, 4) is 5.75 Å². The first-order valence-electron chi connectivity index (χ1n) is 7.74. The van der Waals surface area contributed by atoms with Crippen molar-refractivity contribution < 1.29 is 14.3 Å². The Hall–Kier alpha value is -2.82. The van der Waals surface area contributed by atoms with Gasteiger partial charge in [-0.05, 0) is 36.8 Å². The van der Waals surface area contributed by atoms with E-state index in [4.69, 9.17) is 4.74 Å². The quantitative estimate of drug-likeness (QED) is 0.888. The molecule has 2 rings (SSSR count). The van der Waals surface area contributed by atoms with Gasteiger partial charge in [0.05, 0.1) is 7.11 Å². The number of aryl methyl sites for hydroxylation is 1. The first-order chi connectivity index (χ1) is 11.5. The monoisotopic (exact) mass is 326 g/mol. The Morgan fingerprint density at radius 3 is 2.42 bits per heavy atom. The van der Waals surface area contributed by atoms with Gasteiger partial charge in [-0.3, -0.25) is 9.59 Å². The molecule has 0 aliphatic heterocycles. The number of carbonyl (C=O) groups excluding carboxylic acids is 2. The number of hydrogen-bond acceptors (Lipinski definition) is 3. The van der Waals surface area contributed by atoms with Gasteiger partial charge in [0.1, 0.15) is 12.3 Å². The van der Waals surface area contributed by atoms with Crippen molar-refractivity contribution >= 4 is 17.5 Å². The van der Waals surface area contributed by atoms with Crippen LogP contribution in [0, 0.1) is 6.92 Å². The average Bonchev–Trinajstić information content (AvgIpc) is 2.58. The SMILES string of the molecule is COc1ccc(N(CC(=O)NCc2cccc(C)c2)C(C)=O)cc1. The molecule has 0 fully saturated rings. The van der Waals surface area contributed by atoms with Gasteiger partial charge in [0.15, 0.2) is 0 Å². The molecule has 0 unspecified atom stereocenters. The summed E-state index contributed by atoms with van der Waals surface area (Å²) >= 11 is 0. The van der Waals surface area contributed by atoms with E-state index >= 15 is 0 Å². The smallest absolute Gasteiger partial charge is 0.240 e. The van der Waals surface area contributed by atoms with Crippen LogP contribution in [-0.2, 0) is 16.1 Å². The van der Waals surface area contributed by atoms with Crippen molar-refractivity contribution in [1.29, 1.82) is 0 Å². The predicted octanol–water partition coefficient (Wildman–Crippen LogP) is 2.67. The highest BCUT2D eigenvalue weighted by Crippen LogP contribution is 2.19. The lowest BCUT2D eigenvalue weighted by Crippen LogP contribution is -2.39. The molecule has 0 spiro atoms. The lowest BCUT2D eigenvalue weighted by molar-refractivity contribution is -0.123. The molecule has 0 bridgehead atoms.